The third-order valence-electron chi connectivity index (χ3n) is 3.95. The molecule has 0 saturated heterocycles. The zero-order valence-electron chi connectivity index (χ0n) is 11.3. The van der Waals surface area contributed by atoms with Crippen LogP contribution in [0.15, 0.2) is 36.4 Å². The third kappa shape index (κ3) is 2.80. The number of carbonyl (C=O) groups excluding carboxylic acids is 1. The summed E-state index contributed by atoms with van der Waals surface area (Å²) in [5.74, 6) is -0.0347. The molecule has 1 aliphatic carbocycles. The number of benzene rings is 1. The SMILES string of the molecule is O=C(Cc1ccc2ccccc2n1)NCC1(CO)CC1. The lowest BCUT2D eigenvalue weighted by molar-refractivity contribution is -0.120. The van der Waals surface area contributed by atoms with Gasteiger partial charge in [-0.3, -0.25) is 9.78 Å². The van der Waals surface area contributed by atoms with Crippen LogP contribution in [0.5, 0.6) is 0 Å². The number of para-hydroxylation sites is 1. The van der Waals surface area contributed by atoms with Gasteiger partial charge in [0.15, 0.2) is 0 Å². The van der Waals surface area contributed by atoms with Crippen molar-refractivity contribution in [3.63, 3.8) is 0 Å². The van der Waals surface area contributed by atoms with Crippen LogP contribution in [-0.4, -0.2) is 29.1 Å². The maximum absolute atomic E-state index is 11.9. The van der Waals surface area contributed by atoms with Crippen LogP contribution in [0.25, 0.3) is 10.9 Å². The molecule has 2 aromatic rings. The molecule has 1 fully saturated rings. The Morgan fingerprint density at radius 2 is 2.05 bits per heavy atom. The van der Waals surface area contributed by atoms with Crippen molar-refractivity contribution in [1.29, 1.82) is 0 Å². The van der Waals surface area contributed by atoms with Gasteiger partial charge in [-0.2, -0.15) is 0 Å². The molecule has 104 valence electrons. The van der Waals surface area contributed by atoms with E-state index in [0.717, 1.165) is 29.4 Å². The number of hydrogen-bond acceptors (Lipinski definition) is 3. The Kier molecular flexibility index (Phi) is 3.40. The fourth-order valence-electron chi connectivity index (χ4n) is 2.29. The van der Waals surface area contributed by atoms with E-state index in [1.807, 2.05) is 36.4 Å². The number of pyridine rings is 1. The van der Waals surface area contributed by atoms with Gasteiger partial charge < -0.3 is 10.4 Å². The fraction of sp³-hybridized carbons (Fsp3) is 0.375. The van der Waals surface area contributed by atoms with E-state index in [0.29, 0.717) is 6.54 Å². The number of carbonyl (C=O) groups is 1. The third-order valence-corrected chi connectivity index (χ3v) is 3.95. The van der Waals surface area contributed by atoms with Gasteiger partial charge in [-0.25, -0.2) is 0 Å². The van der Waals surface area contributed by atoms with Crippen molar-refractivity contribution in [2.45, 2.75) is 19.3 Å². The van der Waals surface area contributed by atoms with Crippen molar-refractivity contribution in [2.75, 3.05) is 13.2 Å². The molecule has 1 aliphatic rings. The van der Waals surface area contributed by atoms with Crippen LogP contribution in [0.4, 0.5) is 0 Å². The Balaban J connectivity index is 1.62. The van der Waals surface area contributed by atoms with Crippen LogP contribution in [0.3, 0.4) is 0 Å². The number of rotatable bonds is 5. The van der Waals surface area contributed by atoms with Crippen LogP contribution >= 0.6 is 0 Å². The summed E-state index contributed by atoms with van der Waals surface area (Å²) in [7, 11) is 0. The molecule has 0 bridgehead atoms. The summed E-state index contributed by atoms with van der Waals surface area (Å²) in [6, 6.07) is 11.7. The van der Waals surface area contributed by atoms with Crippen LogP contribution in [-0.2, 0) is 11.2 Å². The molecule has 1 aromatic carbocycles. The van der Waals surface area contributed by atoms with Gasteiger partial charge in [0.25, 0.3) is 0 Å². The van der Waals surface area contributed by atoms with Crippen LogP contribution in [0.1, 0.15) is 18.5 Å². The number of fused-ring (bicyclic) bond motifs is 1. The van der Waals surface area contributed by atoms with Crippen molar-refractivity contribution < 1.29 is 9.90 Å². The maximum atomic E-state index is 11.9. The minimum Gasteiger partial charge on any atom is -0.396 e. The van der Waals surface area contributed by atoms with Gasteiger partial charge in [-0.1, -0.05) is 24.3 Å². The van der Waals surface area contributed by atoms with Crippen molar-refractivity contribution in [3.8, 4) is 0 Å². The Hall–Kier alpha value is -1.94. The molecule has 0 unspecified atom stereocenters. The second kappa shape index (κ2) is 5.21. The molecule has 0 atom stereocenters. The minimum atomic E-state index is -0.0491. The molecule has 1 aromatic heterocycles. The first-order chi connectivity index (χ1) is 9.71. The molecular formula is C16H18N2O2. The Morgan fingerprint density at radius 1 is 1.25 bits per heavy atom. The van der Waals surface area contributed by atoms with Crippen LogP contribution in [0, 0.1) is 5.41 Å². The van der Waals surface area contributed by atoms with Crippen molar-refractivity contribution in [3.05, 3.63) is 42.1 Å². The topological polar surface area (TPSA) is 62.2 Å². The molecule has 3 rings (SSSR count). The highest BCUT2D eigenvalue weighted by Crippen LogP contribution is 2.44. The molecule has 1 amide bonds. The number of aromatic nitrogens is 1. The summed E-state index contributed by atoms with van der Waals surface area (Å²) < 4.78 is 0. The van der Waals surface area contributed by atoms with E-state index in [2.05, 4.69) is 10.3 Å². The van der Waals surface area contributed by atoms with Crippen molar-refractivity contribution in [1.82, 2.24) is 10.3 Å². The zero-order chi connectivity index (χ0) is 14.0. The molecule has 0 spiro atoms. The van der Waals surface area contributed by atoms with Gasteiger partial charge >= 0.3 is 0 Å². The van der Waals surface area contributed by atoms with E-state index in [1.165, 1.54) is 0 Å². The van der Waals surface area contributed by atoms with E-state index in [-0.39, 0.29) is 24.3 Å². The van der Waals surface area contributed by atoms with E-state index in [4.69, 9.17) is 0 Å². The van der Waals surface area contributed by atoms with Gasteiger partial charge in [0, 0.05) is 17.3 Å². The van der Waals surface area contributed by atoms with Gasteiger partial charge in [-0.15, -0.1) is 0 Å². The van der Waals surface area contributed by atoms with E-state index in [9.17, 15) is 9.90 Å². The van der Waals surface area contributed by atoms with Gasteiger partial charge in [0.1, 0.15) is 0 Å². The average Bonchev–Trinajstić information content (AvgIpc) is 3.26. The van der Waals surface area contributed by atoms with Gasteiger partial charge in [0.05, 0.1) is 24.2 Å². The van der Waals surface area contributed by atoms with Crippen molar-refractivity contribution in [2.24, 2.45) is 5.41 Å². The number of hydrogen-bond donors (Lipinski definition) is 2. The Labute approximate surface area is 117 Å². The molecule has 4 heteroatoms. The van der Waals surface area contributed by atoms with E-state index in [1.54, 1.807) is 0 Å². The first kappa shape index (κ1) is 13.1. The first-order valence-corrected chi connectivity index (χ1v) is 6.93. The lowest BCUT2D eigenvalue weighted by Gasteiger charge is -2.12. The second-order valence-electron chi connectivity index (χ2n) is 5.61. The molecule has 2 N–H and O–H groups in total. The zero-order valence-corrected chi connectivity index (χ0v) is 11.3. The second-order valence-corrected chi connectivity index (χ2v) is 5.61. The summed E-state index contributed by atoms with van der Waals surface area (Å²) >= 11 is 0. The number of aliphatic hydroxyl groups is 1. The number of aliphatic hydroxyl groups excluding tert-OH is 1. The summed E-state index contributed by atoms with van der Waals surface area (Å²) in [5, 5.41) is 13.2. The van der Waals surface area contributed by atoms with E-state index >= 15 is 0 Å². The van der Waals surface area contributed by atoms with Gasteiger partial charge in [0.2, 0.25) is 5.91 Å². The minimum absolute atomic E-state index is 0.0347. The van der Waals surface area contributed by atoms with Crippen LogP contribution < -0.4 is 5.32 Å². The molecule has 0 aliphatic heterocycles. The predicted octanol–water partition coefficient (Wildman–Crippen LogP) is 1.67. The first-order valence-electron chi connectivity index (χ1n) is 6.93. The van der Waals surface area contributed by atoms with Crippen LogP contribution in [0.2, 0.25) is 0 Å². The lowest BCUT2D eigenvalue weighted by atomic mass is 10.1. The van der Waals surface area contributed by atoms with Crippen molar-refractivity contribution >= 4 is 16.8 Å². The normalized spacial score (nSPS) is 16.1. The molecular weight excluding hydrogens is 252 g/mol. The maximum Gasteiger partial charge on any atom is 0.226 e. The highest BCUT2D eigenvalue weighted by Gasteiger charge is 2.41. The monoisotopic (exact) mass is 270 g/mol. The quantitative estimate of drug-likeness (QED) is 0.868. The lowest BCUT2D eigenvalue weighted by Crippen LogP contribution is -2.33. The largest absolute Gasteiger partial charge is 0.396 e. The standard InChI is InChI=1S/C16H18N2O2/c19-11-16(7-8-16)10-17-15(20)9-13-6-5-12-3-1-2-4-14(12)18-13/h1-6,19H,7-11H2,(H,17,20). The number of amides is 1. The number of nitrogens with zero attached hydrogens (tertiary/aromatic N) is 1. The highest BCUT2D eigenvalue weighted by molar-refractivity contribution is 5.81. The predicted molar refractivity (Wildman–Crippen MR) is 77.2 cm³/mol. The Morgan fingerprint density at radius 3 is 2.80 bits per heavy atom. The molecule has 1 heterocycles. The molecule has 20 heavy (non-hydrogen) atoms. The fourth-order valence-corrected chi connectivity index (χ4v) is 2.29. The summed E-state index contributed by atoms with van der Waals surface area (Å²) in [6.45, 7) is 0.720. The molecule has 0 radical (unpaired) electrons. The van der Waals surface area contributed by atoms with E-state index < -0.39 is 0 Å². The Bertz CT molecular complexity index is 635. The number of nitrogens with one attached hydrogen (secondary N) is 1. The molecule has 1 saturated carbocycles. The summed E-state index contributed by atoms with van der Waals surface area (Å²) in [6.07, 6.45) is 2.28. The molecule has 4 nitrogen and oxygen atoms in total. The smallest absolute Gasteiger partial charge is 0.226 e. The average molecular weight is 270 g/mol. The van der Waals surface area contributed by atoms with Gasteiger partial charge in [-0.05, 0) is 25.0 Å². The highest BCUT2D eigenvalue weighted by atomic mass is 16.3. The summed E-state index contributed by atoms with van der Waals surface area (Å²) in [5.41, 5.74) is 1.63. The summed E-state index contributed by atoms with van der Waals surface area (Å²) in [4.78, 5) is 16.4.